The van der Waals surface area contributed by atoms with E-state index in [1.165, 1.54) is 27.4 Å². The van der Waals surface area contributed by atoms with Gasteiger partial charge in [0, 0.05) is 43.9 Å². The van der Waals surface area contributed by atoms with Gasteiger partial charge in [-0.15, -0.1) is 0 Å². The summed E-state index contributed by atoms with van der Waals surface area (Å²) in [5.74, 6) is 0. The van der Waals surface area contributed by atoms with Crippen LogP contribution in [0.15, 0.2) is 173 Å². The van der Waals surface area contributed by atoms with Gasteiger partial charge in [-0.3, -0.25) is 0 Å². The van der Waals surface area contributed by atoms with Crippen molar-refractivity contribution in [3.05, 3.63) is 176 Å². The Bertz CT molecular complexity index is 3060. The van der Waals surface area contributed by atoms with E-state index in [-0.39, 0.29) is 5.41 Å². The molecule has 3 aromatic heterocycles. The summed E-state index contributed by atoms with van der Waals surface area (Å²) in [5, 5.41) is 5.64. The van der Waals surface area contributed by atoms with Crippen molar-refractivity contribution in [2.24, 2.45) is 0 Å². The van der Waals surface area contributed by atoms with Crippen molar-refractivity contribution in [1.82, 2.24) is 4.57 Å². The lowest BCUT2D eigenvalue weighted by Crippen LogP contribution is -2.10. The van der Waals surface area contributed by atoms with Gasteiger partial charge in [0.05, 0.1) is 28.7 Å². The number of furan rings is 2. The fourth-order valence-corrected chi connectivity index (χ4v) is 8.06. The molecule has 260 valence electrons. The van der Waals surface area contributed by atoms with Crippen LogP contribution in [0.2, 0.25) is 0 Å². The highest BCUT2D eigenvalue weighted by Gasteiger charge is 2.24. The van der Waals surface area contributed by atoms with E-state index in [1.54, 1.807) is 6.26 Å². The molecule has 0 atom stereocenters. The molecule has 0 aliphatic carbocycles. The van der Waals surface area contributed by atoms with Gasteiger partial charge in [-0.25, -0.2) is 0 Å². The van der Waals surface area contributed by atoms with Crippen LogP contribution in [-0.2, 0) is 5.41 Å². The molecule has 0 spiro atoms. The van der Waals surface area contributed by atoms with Gasteiger partial charge in [0.15, 0.2) is 11.2 Å². The third-order valence-electron chi connectivity index (χ3n) is 10.8. The van der Waals surface area contributed by atoms with E-state index in [2.05, 4.69) is 176 Å². The van der Waals surface area contributed by atoms with Gasteiger partial charge >= 0.3 is 0 Å². The molecule has 0 aliphatic heterocycles. The molecule has 4 nitrogen and oxygen atoms in total. The molecule has 0 amide bonds. The fraction of sp³-hybridized carbons (Fsp3) is 0.0800. The van der Waals surface area contributed by atoms with Crippen LogP contribution in [0.1, 0.15) is 31.9 Å². The van der Waals surface area contributed by atoms with Gasteiger partial charge in [0.2, 0.25) is 0 Å². The smallest absolute Gasteiger partial charge is 0.159 e. The third kappa shape index (κ3) is 4.98. The molecule has 10 rings (SSSR count). The second-order valence-electron chi connectivity index (χ2n) is 15.1. The maximum absolute atomic E-state index is 6.63. The van der Waals surface area contributed by atoms with Gasteiger partial charge in [-0.1, -0.05) is 118 Å². The normalized spacial score (nSPS) is 12.1. The van der Waals surface area contributed by atoms with Crippen molar-refractivity contribution in [3.63, 3.8) is 0 Å². The number of fused-ring (bicyclic) bond motifs is 7. The van der Waals surface area contributed by atoms with Gasteiger partial charge in [-0.2, -0.15) is 0 Å². The Morgan fingerprint density at radius 3 is 2.04 bits per heavy atom. The Morgan fingerprint density at radius 2 is 1.24 bits per heavy atom. The third-order valence-corrected chi connectivity index (χ3v) is 10.8. The van der Waals surface area contributed by atoms with Crippen molar-refractivity contribution < 1.29 is 8.83 Å². The average molecular weight is 699 g/mol. The van der Waals surface area contributed by atoms with Crippen LogP contribution < -0.4 is 4.90 Å². The summed E-state index contributed by atoms with van der Waals surface area (Å²) in [5.41, 5.74) is 13.4. The molecule has 10 aromatic rings. The molecule has 0 N–H and O–H groups in total. The maximum Gasteiger partial charge on any atom is 0.159 e. The first kappa shape index (κ1) is 31.9. The van der Waals surface area contributed by atoms with Crippen LogP contribution in [0.5, 0.6) is 0 Å². The van der Waals surface area contributed by atoms with Crippen LogP contribution in [0.25, 0.3) is 77.6 Å². The Morgan fingerprint density at radius 1 is 0.574 bits per heavy atom. The number of rotatable bonds is 6. The van der Waals surface area contributed by atoms with E-state index < -0.39 is 0 Å². The first-order valence-electron chi connectivity index (χ1n) is 18.4. The Hall–Kier alpha value is -6.78. The van der Waals surface area contributed by atoms with Crippen molar-refractivity contribution in [2.45, 2.75) is 26.2 Å². The summed E-state index contributed by atoms with van der Waals surface area (Å²) in [4.78, 5) is 2.27. The predicted octanol–water partition coefficient (Wildman–Crippen LogP) is 14.5. The second-order valence-corrected chi connectivity index (χ2v) is 15.1. The van der Waals surface area contributed by atoms with Crippen molar-refractivity contribution in [3.8, 4) is 16.8 Å². The van der Waals surface area contributed by atoms with Gasteiger partial charge in [0.1, 0.15) is 5.58 Å². The van der Waals surface area contributed by atoms with Crippen LogP contribution in [0.4, 0.5) is 17.1 Å². The lowest BCUT2D eigenvalue weighted by Gasteiger charge is -2.26. The molecule has 7 aromatic carbocycles. The van der Waals surface area contributed by atoms with Gasteiger partial charge < -0.3 is 18.3 Å². The summed E-state index contributed by atoms with van der Waals surface area (Å²) in [6, 6.07) is 54.1. The minimum atomic E-state index is 0.0245. The summed E-state index contributed by atoms with van der Waals surface area (Å²) >= 11 is 0. The highest BCUT2D eigenvalue weighted by atomic mass is 16.3. The highest BCUT2D eigenvalue weighted by Crippen LogP contribution is 2.46. The largest absolute Gasteiger partial charge is 0.461 e. The number of nitrogens with zero attached hydrogens (tertiary/aromatic N) is 2. The van der Waals surface area contributed by atoms with Crippen LogP contribution >= 0.6 is 0 Å². The molecule has 4 heteroatoms. The van der Waals surface area contributed by atoms with E-state index in [0.29, 0.717) is 0 Å². The zero-order valence-corrected chi connectivity index (χ0v) is 30.5. The Labute approximate surface area is 313 Å². The molecule has 0 saturated carbocycles. The first-order chi connectivity index (χ1) is 26.4. The van der Waals surface area contributed by atoms with Crippen molar-refractivity contribution in [1.29, 1.82) is 0 Å². The quantitative estimate of drug-likeness (QED) is 0.173. The van der Waals surface area contributed by atoms with E-state index in [9.17, 15) is 0 Å². The molecule has 0 saturated heterocycles. The van der Waals surface area contributed by atoms with Crippen LogP contribution in [0, 0.1) is 0 Å². The van der Waals surface area contributed by atoms with Crippen molar-refractivity contribution in [2.75, 3.05) is 4.90 Å². The first-order valence-corrected chi connectivity index (χ1v) is 18.4. The van der Waals surface area contributed by atoms with E-state index in [4.69, 9.17) is 8.83 Å². The molecule has 0 fully saturated rings. The monoisotopic (exact) mass is 698 g/mol. The molecule has 3 heterocycles. The molecular weight excluding hydrogens is 661 g/mol. The highest BCUT2D eigenvalue weighted by molar-refractivity contribution is 6.13. The van der Waals surface area contributed by atoms with Gasteiger partial charge in [0.25, 0.3) is 0 Å². The average Bonchev–Trinajstić information content (AvgIpc) is 3.90. The topological polar surface area (TPSA) is 34.5 Å². The number of benzene rings is 7. The van der Waals surface area contributed by atoms with Crippen LogP contribution in [0.3, 0.4) is 0 Å². The number of hydrogen-bond donors (Lipinski definition) is 0. The summed E-state index contributed by atoms with van der Waals surface area (Å²) in [6.07, 6.45) is 3.62. The number of hydrogen-bond acceptors (Lipinski definition) is 3. The molecule has 0 radical (unpaired) electrons. The van der Waals surface area contributed by atoms with Crippen molar-refractivity contribution >= 4 is 77.9 Å². The summed E-state index contributed by atoms with van der Waals surface area (Å²) < 4.78 is 15.3. The summed E-state index contributed by atoms with van der Waals surface area (Å²) in [6.45, 7) is 10.9. The fourth-order valence-electron chi connectivity index (χ4n) is 8.06. The predicted molar refractivity (Wildman–Crippen MR) is 227 cm³/mol. The molecule has 0 aliphatic rings. The minimum Gasteiger partial charge on any atom is -0.461 e. The Kier molecular flexibility index (Phi) is 7.18. The zero-order chi connectivity index (χ0) is 36.6. The van der Waals surface area contributed by atoms with Gasteiger partial charge in [-0.05, 0) is 88.8 Å². The van der Waals surface area contributed by atoms with E-state index >= 15 is 0 Å². The zero-order valence-electron chi connectivity index (χ0n) is 30.5. The molecular formula is C50H38N2O2. The van der Waals surface area contributed by atoms with Crippen LogP contribution in [-0.4, -0.2) is 4.57 Å². The molecule has 0 unspecified atom stereocenters. The maximum atomic E-state index is 6.63. The Balaban J connectivity index is 1.20. The molecule has 0 bridgehead atoms. The minimum absolute atomic E-state index is 0.0245. The standard InChI is InChI=1S/C50H38N2O2/c1-5-32-31-53-48-38(32)19-12-21-45(48)52(46-22-13-20-40-39-18-9-10-23-47(39)54-49(40)46)37-17-11-14-33(28-37)34-24-26-43-41(29-34)42-30-35(50(2,3)4)25-27-44(42)51(43)36-15-7-6-8-16-36/h5-31H,1H2,2-4H3. The number of para-hydroxylation sites is 4. The lowest BCUT2D eigenvalue weighted by molar-refractivity contribution is 0.591. The lowest BCUT2D eigenvalue weighted by atomic mass is 9.86. The number of anilines is 3. The SMILES string of the molecule is C=Cc1coc2c(N(c3cccc(-c4ccc5c(c4)c4cc(C(C)(C)C)ccc4n5-c4ccccc4)c3)c3cccc4c3oc3ccccc34)cccc12. The molecule has 54 heavy (non-hydrogen) atoms. The summed E-state index contributed by atoms with van der Waals surface area (Å²) in [7, 11) is 0. The van der Waals surface area contributed by atoms with E-state index in [0.717, 1.165) is 72.3 Å². The second kappa shape index (κ2) is 12.1. The number of aromatic nitrogens is 1. The van der Waals surface area contributed by atoms with E-state index in [1.807, 2.05) is 18.2 Å².